The molecule has 1 aromatic rings. The highest BCUT2D eigenvalue weighted by Gasteiger charge is 2.40. The summed E-state index contributed by atoms with van der Waals surface area (Å²) in [5.74, 6) is 0. The van der Waals surface area contributed by atoms with E-state index < -0.39 is 0 Å². The van der Waals surface area contributed by atoms with Crippen molar-refractivity contribution < 1.29 is 9.84 Å². The summed E-state index contributed by atoms with van der Waals surface area (Å²) in [5.41, 5.74) is 1.19. The molecular formula is C15H23NO2. The molecule has 2 aliphatic rings. The Hall–Kier alpha value is -0.800. The van der Waals surface area contributed by atoms with E-state index >= 15 is 0 Å². The van der Waals surface area contributed by atoms with Crippen molar-refractivity contribution in [3.8, 4) is 0 Å². The second-order valence-corrected chi connectivity index (χ2v) is 5.83. The van der Waals surface area contributed by atoms with Crippen LogP contribution in [0.2, 0.25) is 0 Å². The molecule has 3 rings (SSSR count). The van der Waals surface area contributed by atoms with Crippen molar-refractivity contribution in [1.29, 1.82) is 0 Å². The summed E-state index contributed by atoms with van der Waals surface area (Å²) < 4.78 is 8.49. The van der Waals surface area contributed by atoms with Crippen LogP contribution in [0.5, 0.6) is 0 Å². The van der Waals surface area contributed by atoms with Gasteiger partial charge in [-0.05, 0) is 37.8 Å². The minimum atomic E-state index is 0.116. The van der Waals surface area contributed by atoms with Crippen LogP contribution >= 0.6 is 0 Å². The number of rotatable bonds is 3. The van der Waals surface area contributed by atoms with Gasteiger partial charge >= 0.3 is 0 Å². The number of aliphatic hydroxyl groups excluding tert-OH is 1. The van der Waals surface area contributed by atoms with Gasteiger partial charge in [-0.25, -0.2) is 0 Å². The van der Waals surface area contributed by atoms with Crippen molar-refractivity contribution in [2.45, 2.75) is 69.8 Å². The smallest absolute Gasteiger partial charge is 0.0832 e. The predicted molar refractivity (Wildman–Crippen MR) is 70.3 cm³/mol. The molecule has 1 spiro atoms. The fourth-order valence-electron chi connectivity index (χ4n) is 3.58. The number of nitrogens with zero attached hydrogens (tertiary/aromatic N) is 1. The standard InChI is InChI=1S/C15H23NO2/c17-12-13-5-4-10-16(13)11-14-6-9-15(18-14)7-2-1-3-8-15/h4-5,10,14,17H,1-3,6-9,11-12H2. The number of ether oxygens (including phenoxy) is 1. The summed E-state index contributed by atoms with van der Waals surface area (Å²) in [6.45, 7) is 1.01. The van der Waals surface area contributed by atoms with Crippen LogP contribution in [0.4, 0.5) is 0 Å². The Kier molecular flexibility index (Phi) is 3.44. The van der Waals surface area contributed by atoms with E-state index in [1.807, 2.05) is 18.3 Å². The molecule has 2 fully saturated rings. The van der Waals surface area contributed by atoms with E-state index in [1.165, 1.54) is 44.9 Å². The van der Waals surface area contributed by atoms with Gasteiger partial charge in [0.1, 0.15) is 0 Å². The molecule has 18 heavy (non-hydrogen) atoms. The lowest BCUT2D eigenvalue weighted by Gasteiger charge is -2.33. The minimum absolute atomic E-state index is 0.116. The van der Waals surface area contributed by atoms with Gasteiger partial charge in [0.05, 0.1) is 18.3 Å². The van der Waals surface area contributed by atoms with Crippen LogP contribution in [0, 0.1) is 0 Å². The van der Waals surface area contributed by atoms with E-state index in [1.54, 1.807) is 0 Å². The fraction of sp³-hybridized carbons (Fsp3) is 0.733. The van der Waals surface area contributed by atoms with Gasteiger partial charge in [-0.3, -0.25) is 0 Å². The molecule has 0 radical (unpaired) electrons. The number of hydrogen-bond acceptors (Lipinski definition) is 2. The van der Waals surface area contributed by atoms with Crippen LogP contribution in [0.25, 0.3) is 0 Å². The molecule has 0 amide bonds. The average molecular weight is 249 g/mol. The molecule has 1 N–H and O–H groups in total. The van der Waals surface area contributed by atoms with Crippen molar-refractivity contribution in [2.75, 3.05) is 0 Å². The van der Waals surface area contributed by atoms with E-state index in [0.29, 0.717) is 6.10 Å². The molecular weight excluding hydrogens is 226 g/mol. The molecule has 1 aromatic heterocycles. The molecule has 1 atom stereocenters. The second kappa shape index (κ2) is 5.06. The van der Waals surface area contributed by atoms with Gasteiger partial charge in [-0.1, -0.05) is 19.3 Å². The van der Waals surface area contributed by atoms with Crippen LogP contribution in [-0.4, -0.2) is 21.4 Å². The molecule has 1 saturated carbocycles. The third kappa shape index (κ3) is 2.34. The van der Waals surface area contributed by atoms with Gasteiger partial charge in [0.25, 0.3) is 0 Å². The Balaban J connectivity index is 1.62. The Morgan fingerprint density at radius 3 is 2.89 bits per heavy atom. The molecule has 3 nitrogen and oxygen atoms in total. The molecule has 1 aliphatic carbocycles. The molecule has 3 heteroatoms. The van der Waals surface area contributed by atoms with E-state index in [4.69, 9.17) is 4.74 Å². The molecule has 100 valence electrons. The third-order valence-electron chi connectivity index (χ3n) is 4.59. The Labute approximate surface area is 109 Å². The minimum Gasteiger partial charge on any atom is -0.390 e. The molecule has 1 unspecified atom stereocenters. The van der Waals surface area contributed by atoms with Crippen molar-refractivity contribution in [1.82, 2.24) is 4.57 Å². The zero-order valence-electron chi connectivity index (χ0n) is 11.0. The number of aliphatic hydroxyl groups is 1. The molecule has 1 aliphatic heterocycles. The summed E-state index contributed by atoms with van der Waals surface area (Å²) >= 11 is 0. The monoisotopic (exact) mass is 249 g/mol. The van der Waals surface area contributed by atoms with Crippen LogP contribution in [0.3, 0.4) is 0 Å². The first-order valence-electron chi connectivity index (χ1n) is 7.24. The van der Waals surface area contributed by atoms with Gasteiger partial charge in [0.15, 0.2) is 0 Å². The molecule has 2 heterocycles. The summed E-state index contributed by atoms with van der Waals surface area (Å²) in [6.07, 6.45) is 11.3. The fourth-order valence-corrected chi connectivity index (χ4v) is 3.58. The molecule has 0 aromatic carbocycles. The Bertz CT molecular complexity index is 393. The van der Waals surface area contributed by atoms with Crippen molar-refractivity contribution in [3.05, 3.63) is 24.0 Å². The predicted octanol–water partition coefficient (Wildman–Crippen LogP) is 2.86. The largest absolute Gasteiger partial charge is 0.390 e. The number of aromatic nitrogens is 1. The topological polar surface area (TPSA) is 34.4 Å². The van der Waals surface area contributed by atoms with Crippen LogP contribution in [0.15, 0.2) is 18.3 Å². The van der Waals surface area contributed by atoms with Crippen molar-refractivity contribution in [2.24, 2.45) is 0 Å². The quantitative estimate of drug-likeness (QED) is 0.894. The van der Waals surface area contributed by atoms with Gasteiger partial charge in [-0.2, -0.15) is 0 Å². The molecule has 0 bridgehead atoms. The van der Waals surface area contributed by atoms with Crippen molar-refractivity contribution in [3.63, 3.8) is 0 Å². The zero-order valence-corrected chi connectivity index (χ0v) is 11.0. The van der Waals surface area contributed by atoms with E-state index in [-0.39, 0.29) is 12.2 Å². The summed E-state index contributed by atoms with van der Waals surface area (Å²) in [6, 6.07) is 3.97. The van der Waals surface area contributed by atoms with Gasteiger partial charge < -0.3 is 14.4 Å². The second-order valence-electron chi connectivity index (χ2n) is 5.83. The first kappa shape index (κ1) is 12.2. The Morgan fingerprint density at radius 2 is 2.11 bits per heavy atom. The lowest BCUT2D eigenvalue weighted by molar-refractivity contribution is -0.0682. The van der Waals surface area contributed by atoms with E-state index in [2.05, 4.69) is 4.57 Å². The first-order valence-corrected chi connectivity index (χ1v) is 7.24. The highest BCUT2D eigenvalue weighted by molar-refractivity contribution is 5.06. The van der Waals surface area contributed by atoms with E-state index in [0.717, 1.165) is 12.2 Å². The third-order valence-corrected chi connectivity index (χ3v) is 4.59. The maximum Gasteiger partial charge on any atom is 0.0832 e. The highest BCUT2D eigenvalue weighted by Crippen LogP contribution is 2.42. The summed E-state index contributed by atoms with van der Waals surface area (Å²) in [5, 5.41) is 9.26. The average Bonchev–Trinajstić information content (AvgIpc) is 2.99. The summed E-state index contributed by atoms with van der Waals surface area (Å²) in [4.78, 5) is 0. The van der Waals surface area contributed by atoms with Gasteiger partial charge in [0.2, 0.25) is 0 Å². The van der Waals surface area contributed by atoms with Crippen molar-refractivity contribution >= 4 is 0 Å². The van der Waals surface area contributed by atoms with Crippen LogP contribution < -0.4 is 0 Å². The first-order chi connectivity index (χ1) is 8.81. The van der Waals surface area contributed by atoms with Crippen LogP contribution in [0.1, 0.15) is 50.6 Å². The SMILES string of the molecule is OCc1cccn1CC1CCC2(CCCCC2)O1. The zero-order chi connectivity index (χ0) is 12.4. The Morgan fingerprint density at radius 1 is 1.28 bits per heavy atom. The molecule has 1 saturated heterocycles. The van der Waals surface area contributed by atoms with E-state index in [9.17, 15) is 5.11 Å². The maximum absolute atomic E-state index is 9.26. The lowest BCUT2D eigenvalue weighted by Crippen LogP contribution is -2.32. The maximum atomic E-state index is 9.26. The van der Waals surface area contributed by atoms with Crippen LogP contribution in [-0.2, 0) is 17.9 Å². The van der Waals surface area contributed by atoms with Gasteiger partial charge in [-0.15, -0.1) is 0 Å². The summed E-state index contributed by atoms with van der Waals surface area (Å²) in [7, 11) is 0. The normalized spacial score (nSPS) is 26.8. The van der Waals surface area contributed by atoms with Gasteiger partial charge in [0, 0.05) is 18.4 Å². The lowest BCUT2D eigenvalue weighted by atomic mass is 9.83. The highest BCUT2D eigenvalue weighted by atomic mass is 16.5. The number of hydrogen-bond donors (Lipinski definition) is 1.